The highest BCUT2D eigenvalue weighted by Crippen LogP contribution is 2.36. The van der Waals surface area contributed by atoms with Crippen LogP contribution < -0.4 is 29.5 Å². The third-order valence-electron chi connectivity index (χ3n) is 7.99. The number of hydrogen-bond donors (Lipinski definition) is 1. The van der Waals surface area contributed by atoms with Crippen LogP contribution in [0.3, 0.4) is 0 Å². The summed E-state index contributed by atoms with van der Waals surface area (Å²) in [5.74, 6) is 3.03. The molecule has 1 N–H and O–H groups in total. The molecule has 9 heteroatoms. The second-order valence-electron chi connectivity index (χ2n) is 10.9. The van der Waals surface area contributed by atoms with E-state index in [2.05, 4.69) is 46.4 Å². The number of methoxy groups -OCH3 is 2. The molecular formula is C33H36N6O3. The predicted octanol–water partition coefficient (Wildman–Crippen LogP) is 6.62. The van der Waals surface area contributed by atoms with Crippen molar-refractivity contribution in [2.75, 3.05) is 47.3 Å². The number of carbonyl (C=O) groups is 1. The van der Waals surface area contributed by atoms with Gasteiger partial charge in [-0.15, -0.1) is 0 Å². The van der Waals surface area contributed by atoms with E-state index in [9.17, 15) is 4.79 Å². The third-order valence-corrected chi connectivity index (χ3v) is 7.99. The molecule has 0 atom stereocenters. The van der Waals surface area contributed by atoms with E-state index in [0.29, 0.717) is 42.0 Å². The monoisotopic (exact) mass is 564 g/mol. The molecule has 2 aliphatic rings. The standard InChI is InChI=1S/C33H36N6O3/c1-23-13-15-37(16-14-23)27-11-9-26(10-12-27)35-32-34-20-25-22-38(28-17-29(41-2)19-30(18-28)42-3)33(40)39(31(25)36-32)21-24-7-5-4-6-8-24/h4-12,17-20,23H,13-16,21-22H2,1-3H3,(H,34,35,36). The van der Waals surface area contributed by atoms with E-state index in [1.807, 2.05) is 42.5 Å². The molecule has 0 aliphatic carbocycles. The number of anilines is 5. The number of nitrogens with zero attached hydrogens (tertiary/aromatic N) is 5. The second kappa shape index (κ2) is 12.0. The zero-order valence-corrected chi connectivity index (χ0v) is 24.3. The molecule has 6 rings (SSSR count). The van der Waals surface area contributed by atoms with E-state index in [1.165, 1.54) is 18.5 Å². The van der Waals surface area contributed by atoms with Gasteiger partial charge in [-0.05, 0) is 48.6 Å². The number of aromatic nitrogens is 2. The van der Waals surface area contributed by atoms with Crippen molar-refractivity contribution in [1.82, 2.24) is 9.97 Å². The summed E-state index contributed by atoms with van der Waals surface area (Å²) in [6, 6.07) is 23.6. The first kappa shape index (κ1) is 27.4. The molecule has 9 nitrogen and oxygen atoms in total. The van der Waals surface area contributed by atoms with Crippen LogP contribution in [0.2, 0.25) is 0 Å². The molecule has 2 aliphatic heterocycles. The largest absolute Gasteiger partial charge is 0.497 e. The summed E-state index contributed by atoms with van der Waals surface area (Å²) >= 11 is 0. The summed E-state index contributed by atoms with van der Waals surface area (Å²) in [4.78, 5) is 29.4. The average molecular weight is 565 g/mol. The molecule has 3 aromatic carbocycles. The summed E-state index contributed by atoms with van der Waals surface area (Å²) in [5, 5.41) is 3.34. The fourth-order valence-electron chi connectivity index (χ4n) is 5.49. The lowest BCUT2D eigenvalue weighted by Crippen LogP contribution is -2.47. The van der Waals surface area contributed by atoms with Crippen LogP contribution >= 0.6 is 0 Å². The van der Waals surface area contributed by atoms with Gasteiger partial charge in [-0.2, -0.15) is 4.98 Å². The molecule has 2 amide bonds. The van der Waals surface area contributed by atoms with Gasteiger partial charge in [0.2, 0.25) is 5.95 Å². The Labute approximate surface area is 246 Å². The van der Waals surface area contributed by atoms with Crippen molar-refractivity contribution in [3.8, 4) is 11.5 Å². The molecule has 1 aromatic heterocycles. The Hall–Kier alpha value is -4.79. The van der Waals surface area contributed by atoms with E-state index in [1.54, 1.807) is 36.3 Å². The zero-order chi connectivity index (χ0) is 29.1. The van der Waals surface area contributed by atoms with Crippen LogP contribution in [0.1, 0.15) is 30.9 Å². The summed E-state index contributed by atoms with van der Waals surface area (Å²) in [6.07, 6.45) is 4.25. The minimum absolute atomic E-state index is 0.188. The van der Waals surface area contributed by atoms with Crippen molar-refractivity contribution in [2.45, 2.75) is 32.9 Å². The number of benzene rings is 3. The van der Waals surface area contributed by atoms with E-state index in [0.717, 1.165) is 35.8 Å². The normalized spacial score (nSPS) is 15.4. The predicted molar refractivity (Wildman–Crippen MR) is 166 cm³/mol. The minimum atomic E-state index is -0.188. The van der Waals surface area contributed by atoms with Crippen LogP contribution in [0.4, 0.5) is 33.6 Å². The van der Waals surface area contributed by atoms with Crippen LogP contribution in [0.25, 0.3) is 0 Å². The maximum Gasteiger partial charge on any atom is 0.330 e. The number of ether oxygens (including phenoxy) is 2. The van der Waals surface area contributed by atoms with Gasteiger partial charge in [-0.1, -0.05) is 37.3 Å². The van der Waals surface area contributed by atoms with Crippen LogP contribution in [-0.4, -0.2) is 43.3 Å². The first-order valence-corrected chi connectivity index (χ1v) is 14.3. The molecule has 0 saturated carbocycles. The molecule has 42 heavy (non-hydrogen) atoms. The van der Waals surface area contributed by atoms with Gasteiger partial charge in [0.15, 0.2) is 0 Å². The summed E-state index contributed by atoms with van der Waals surface area (Å²) in [6.45, 7) is 5.19. The van der Waals surface area contributed by atoms with E-state index in [-0.39, 0.29) is 6.03 Å². The van der Waals surface area contributed by atoms with Crippen molar-refractivity contribution < 1.29 is 14.3 Å². The lowest BCUT2D eigenvalue weighted by Gasteiger charge is -2.36. The van der Waals surface area contributed by atoms with Crippen LogP contribution in [0.5, 0.6) is 11.5 Å². The van der Waals surface area contributed by atoms with Crippen molar-refractivity contribution in [3.05, 3.63) is 90.1 Å². The van der Waals surface area contributed by atoms with Gasteiger partial charge in [0.1, 0.15) is 17.3 Å². The van der Waals surface area contributed by atoms with E-state index in [4.69, 9.17) is 14.5 Å². The lowest BCUT2D eigenvalue weighted by molar-refractivity contribution is 0.249. The van der Waals surface area contributed by atoms with Gasteiger partial charge < -0.3 is 19.7 Å². The maximum atomic E-state index is 14.1. The Morgan fingerprint density at radius 1 is 0.905 bits per heavy atom. The third kappa shape index (κ3) is 5.81. The first-order chi connectivity index (χ1) is 20.5. The van der Waals surface area contributed by atoms with Crippen molar-refractivity contribution in [1.29, 1.82) is 0 Å². The van der Waals surface area contributed by atoms with Gasteiger partial charge >= 0.3 is 6.03 Å². The summed E-state index contributed by atoms with van der Waals surface area (Å²) in [7, 11) is 3.19. The molecule has 1 fully saturated rings. The molecule has 0 unspecified atom stereocenters. The molecule has 216 valence electrons. The second-order valence-corrected chi connectivity index (χ2v) is 10.9. The van der Waals surface area contributed by atoms with Gasteiger partial charge in [0, 0.05) is 54.4 Å². The Morgan fingerprint density at radius 2 is 1.60 bits per heavy atom. The molecular weight excluding hydrogens is 528 g/mol. The Bertz CT molecular complexity index is 1520. The topological polar surface area (TPSA) is 83.1 Å². The highest BCUT2D eigenvalue weighted by atomic mass is 16.5. The van der Waals surface area contributed by atoms with Gasteiger partial charge in [-0.25, -0.2) is 9.78 Å². The fourth-order valence-corrected chi connectivity index (χ4v) is 5.49. The number of urea groups is 1. The number of rotatable bonds is 8. The highest BCUT2D eigenvalue weighted by Gasteiger charge is 2.34. The number of carbonyl (C=O) groups excluding carboxylic acids is 1. The highest BCUT2D eigenvalue weighted by molar-refractivity contribution is 6.05. The van der Waals surface area contributed by atoms with E-state index < -0.39 is 0 Å². The summed E-state index contributed by atoms with van der Waals surface area (Å²) in [5.41, 5.74) is 4.63. The van der Waals surface area contributed by atoms with Crippen molar-refractivity contribution in [2.24, 2.45) is 5.92 Å². The number of piperidine rings is 1. The van der Waals surface area contributed by atoms with Gasteiger partial charge in [-0.3, -0.25) is 9.80 Å². The smallest absolute Gasteiger partial charge is 0.330 e. The number of fused-ring (bicyclic) bond motifs is 1. The SMILES string of the molecule is COc1cc(OC)cc(N2Cc3cnc(Nc4ccc(N5CCC(C)CC5)cc4)nc3N(Cc3ccccc3)C2=O)c1. The number of hydrogen-bond acceptors (Lipinski definition) is 7. The van der Waals surface area contributed by atoms with Crippen molar-refractivity contribution in [3.63, 3.8) is 0 Å². The van der Waals surface area contributed by atoms with Crippen LogP contribution in [-0.2, 0) is 13.1 Å². The molecule has 0 bridgehead atoms. The zero-order valence-electron chi connectivity index (χ0n) is 24.3. The van der Waals surface area contributed by atoms with Crippen molar-refractivity contribution >= 4 is 34.9 Å². The summed E-state index contributed by atoms with van der Waals surface area (Å²) < 4.78 is 10.9. The Kier molecular flexibility index (Phi) is 7.81. The lowest BCUT2D eigenvalue weighted by atomic mass is 9.99. The molecule has 1 saturated heterocycles. The molecule has 0 radical (unpaired) electrons. The van der Waals surface area contributed by atoms with Gasteiger partial charge in [0.05, 0.1) is 33.0 Å². The Morgan fingerprint density at radius 3 is 2.26 bits per heavy atom. The molecule has 0 spiro atoms. The maximum absolute atomic E-state index is 14.1. The average Bonchev–Trinajstić information content (AvgIpc) is 3.03. The first-order valence-electron chi connectivity index (χ1n) is 14.3. The number of nitrogens with one attached hydrogen (secondary N) is 1. The molecule has 3 heterocycles. The fraction of sp³-hybridized carbons (Fsp3) is 0.303. The molecule has 4 aromatic rings. The number of amides is 2. The van der Waals surface area contributed by atoms with Gasteiger partial charge in [0.25, 0.3) is 0 Å². The van der Waals surface area contributed by atoms with Crippen LogP contribution in [0.15, 0.2) is 79.0 Å². The quantitative estimate of drug-likeness (QED) is 0.258. The Balaban J connectivity index is 1.29. The van der Waals surface area contributed by atoms with Crippen LogP contribution in [0, 0.1) is 5.92 Å². The van der Waals surface area contributed by atoms with E-state index >= 15 is 0 Å². The minimum Gasteiger partial charge on any atom is -0.497 e.